The molecule has 0 radical (unpaired) electrons. The van der Waals surface area contributed by atoms with Crippen LogP contribution >= 0.6 is 11.6 Å². The van der Waals surface area contributed by atoms with Gasteiger partial charge in [0.1, 0.15) is 6.04 Å². The van der Waals surface area contributed by atoms with Crippen molar-refractivity contribution in [2.24, 2.45) is 0 Å². The summed E-state index contributed by atoms with van der Waals surface area (Å²) >= 11 is 6.11. The number of nitrogens with zero attached hydrogens (tertiary/aromatic N) is 1. The van der Waals surface area contributed by atoms with E-state index in [9.17, 15) is 18.0 Å². The third-order valence-electron chi connectivity index (χ3n) is 7.38. The van der Waals surface area contributed by atoms with E-state index in [1.54, 1.807) is 41.3 Å². The van der Waals surface area contributed by atoms with Gasteiger partial charge in [0.15, 0.2) is 0 Å². The number of carbonyl (C=O) groups is 2. The maximum atomic E-state index is 13.9. The zero-order valence-electron chi connectivity index (χ0n) is 24.1. The molecule has 3 aromatic carbocycles. The van der Waals surface area contributed by atoms with Crippen molar-refractivity contribution < 1.29 is 18.0 Å². The van der Waals surface area contributed by atoms with Gasteiger partial charge in [0.25, 0.3) is 0 Å². The predicted octanol–water partition coefficient (Wildman–Crippen LogP) is 5.66. The minimum atomic E-state index is -3.54. The molecule has 3 aromatic rings. The fourth-order valence-electron chi connectivity index (χ4n) is 4.76. The number of aryl methyl sites for hydroxylation is 1. The maximum Gasteiger partial charge on any atom is 0.243 e. The Bertz CT molecular complexity index is 1410. The van der Waals surface area contributed by atoms with E-state index in [1.807, 2.05) is 42.5 Å². The van der Waals surface area contributed by atoms with Gasteiger partial charge in [-0.25, -0.2) is 13.1 Å². The monoisotopic (exact) mass is 609 g/mol. The molecule has 2 amide bonds. The lowest BCUT2D eigenvalue weighted by molar-refractivity contribution is -0.141. The van der Waals surface area contributed by atoms with Crippen LogP contribution in [0.5, 0.6) is 0 Å². The standard InChI is InChI=1S/C33H40ClN3O4S/c1-2-3-7-22-35-33(39)31(23-26-8-5-4-6-9-26)37(24-27-10-15-28(34)16-11-27)32(38)21-14-25-12-19-30(20-13-25)42(40,41)36-29-17-18-29/h4-6,8-13,15-16,19-20,29,31,36H,2-3,7,14,17-18,21-24H2,1H3,(H,35,39)/t31-/m1/s1. The minimum absolute atomic E-state index is 0.0339. The highest BCUT2D eigenvalue weighted by Gasteiger charge is 2.30. The van der Waals surface area contributed by atoms with Gasteiger partial charge in [-0.1, -0.05) is 86.0 Å². The second-order valence-electron chi connectivity index (χ2n) is 10.9. The molecule has 4 rings (SSSR count). The molecule has 1 aliphatic carbocycles. The third-order valence-corrected chi connectivity index (χ3v) is 9.17. The first-order valence-electron chi connectivity index (χ1n) is 14.7. The van der Waals surface area contributed by atoms with Crippen LogP contribution in [0.25, 0.3) is 0 Å². The van der Waals surface area contributed by atoms with Crippen molar-refractivity contribution in [3.63, 3.8) is 0 Å². The molecule has 0 unspecified atom stereocenters. The van der Waals surface area contributed by atoms with E-state index < -0.39 is 16.1 Å². The molecule has 224 valence electrons. The third kappa shape index (κ3) is 9.68. The van der Waals surface area contributed by atoms with E-state index in [1.165, 1.54) is 0 Å². The summed E-state index contributed by atoms with van der Waals surface area (Å²) in [4.78, 5) is 29.4. The smallest absolute Gasteiger partial charge is 0.243 e. The summed E-state index contributed by atoms with van der Waals surface area (Å²) in [5.41, 5.74) is 2.70. The summed E-state index contributed by atoms with van der Waals surface area (Å²) in [7, 11) is -3.54. The van der Waals surface area contributed by atoms with Gasteiger partial charge in [-0.3, -0.25) is 9.59 Å². The van der Waals surface area contributed by atoms with Crippen LogP contribution in [0.4, 0.5) is 0 Å². The Morgan fingerprint density at radius 3 is 2.21 bits per heavy atom. The first-order valence-corrected chi connectivity index (χ1v) is 16.6. The first-order chi connectivity index (χ1) is 20.2. The van der Waals surface area contributed by atoms with Gasteiger partial charge in [-0.2, -0.15) is 0 Å². The molecule has 0 saturated heterocycles. The number of nitrogens with one attached hydrogen (secondary N) is 2. The summed E-state index contributed by atoms with van der Waals surface area (Å²) in [5, 5.41) is 3.66. The summed E-state index contributed by atoms with van der Waals surface area (Å²) in [5.74, 6) is -0.323. The van der Waals surface area contributed by atoms with Crippen LogP contribution < -0.4 is 10.0 Å². The Labute approximate surface area is 254 Å². The van der Waals surface area contributed by atoms with Crippen molar-refractivity contribution in [1.29, 1.82) is 0 Å². The molecule has 9 heteroatoms. The van der Waals surface area contributed by atoms with Crippen molar-refractivity contribution in [3.05, 3.63) is 101 Å². The van der Waals surface area contributed by atoms with Gasteiger partial charge in [-0.15, -0.1) is 0 Å². The second-order valence-corrected chi connectivity index (χ2v) is 13.0. The molecule has 1 saturated carbocycles. The van der Waals surface area contributed by atoms with Crippen molar-refractivity contribution in [2.75, 3.05) is 6.54 Å². The highest BCUT2D eigenvalue weighted by Crippen LogP contribution is 2.23. The van der Waals surface area contributed by atoms with Gasteiger partial charge < -0.3 is 10.2 Å². The summed E-state index contributed by atoms with van der Waals surface area (Å²) < 4.78 is 27.7. The first kappa shape index (κ1) is 31.7. The molecular weight excluding hydrogens is 570 g/mol. The number of rotatable bonds is 16. The zero-order chi connectivity index (χ0) is 30.0. The molecule has 1 atom stereocenters. The second kappa shape index (κ2) is 15.3. The van der Waals surface area contributed by atoms with Gasteiger partial charge in [-0.05, 0) is 66.6 Å². The largest absolute Gasteiger partial charge is 0.354 e. The molecule has 42 heavy (non-hydrogen) atoms. The predicted molar refractivity (Wildman–Crippen MR) is 167 cm³/mol. The maximum absolute atomic E-state index is 13.9. The molecule has 0 bridgehead atoms. The number of benzene rings is 3. The van der Waals surface area contributed by atoms with Gasteiger partial charge in [0.2, 0.25) is 21.8 Å². The van der Waals surface area contributed by atoms with E-state index in [0.29, 0.717) is 24.4 Å². The molecular formula is C33H40ClN3O4S. The molecule has 2 N–H and O–H groups in total. The Morgan fingerprint density at radius 1 is 0.905 bits per heavy atom. The van der Waals surface area contributed by atoms with Gasteiger partial charge in [0.05, 0.1) is 4.90 Å². The van der Waals surface area contributed by atoms with E-state index in [2.05, 4.69) is 17.0 Å². The van der Waals surface area contributed by atoms with Crippen LogP contribution in [0, 0.1) is 0 Å². The Balaban J connectivity index is 1.52. The number of hydrogen-bond donors (Lipinski definition) is 2. The Hall–Kier alpha value is -3.20. The summed E-state index contributed by atoms with van der Waals surface area (Å²) in [6.45, 7) is 2.94. The van der Waals surface area contributed by atoms with Crippen LogP contribution in [0.3, 0.4) is 0 Å². The average molecular weight is 610 g/mol. The van der Waals surface area contributed by atoms with Gasteiger partial charge in [0, 0.05) is 37.0 Å². The van der Waals surface area contributed by atoms with E-state index in [-0.39, 0.29) is 35.7 Å². The quantitative estimate of drug-likeness (QED) is 0.205. The van der Waals surface area contributed by atoms with Crippen molar-refractivity contribution in [2.45, 2.75) is 81.8 Å². The molecule has 0 aromatic heterocycles. The highest BCUT2D eigenvalue weighted by atomic mass is 35.5. The van der Waals surface area contributed by atoms with Crippen molar-refractivity contribution in [3.8, 4) is 0 Å². The Kier molecular flexibility index (Phi) is 11.6. The molecule has 1 fully saturated rings. The van der Waals surface area contributed by atoms with Crippen LogP contribution in [0.2, 0.25) is 5.02 Å². The lowest BCUT2D eigenvalue weighted by Gasteiger charge is -2.32. The van der Waals surface area contributed by atoms with Crippen LogP contribution in [-0.4, -0.2) is 43.8 Å². The normalized spacial score (nSPS) is 13.9. The van der Waals surface area contributed by atoms with Gasteiger partial charge >= 0.3 is 0 Å². The van der Waals surface area contributed by atoms with E-state index >= 15 is 0 Å². The van der Waals surface area contributed by atoms with Crippen molar-refractivity contribution in [1.82, 2.24) is 14.9 Å². The lowest BCUT2D eigenvalue weighted by atomic mass is 10.0. The van der Waals surface area contributed by atoms with Crippen LogP contribution in [0.1, 0.15) is 62.1 Å². The fourth-order valence-corrected chi connectivity index (χ4v) is 6.19. The number of amides is 2. The van der Waals surface area contributed by atoms with Crippen molar-refractivity contribution >= 4 is 33.4 Å². The zero-order valence-corrected chi connectivity index (χ0v) is 25.7. The molecule has 1 aliphatic rings. The van der Waals surface area contributed by atoms with E-state index in [0.717, 1.165) is 48.8 Å². The number of sulfonamides is 1. The number of unbranched alkanes of at least 4 members (excludes halogenated alkanes) is 2. The molecule has 0 aliphatic heterocycles. The highest BCUT2D eigenvalue weighted by molar-refractivity contribution is 7.89. The van der Waals surface area contributed by atoms with Crippen LogP contribution in [-0.2, 0) is 39.0 Å². The summed E-state index contributed by atoms with van der Waals surface area (Å²) in [6.07, 6.45) is 5.68. The molecule has 0 heterocycles. The molecule has 0 spiro atoms. The minimum Gasteiger partial charge on any atom is -0.354 e. The Morgan fingerprint density at radius 2 is 1.57 bits per heavy atom. The van der Waals surface area contributed by atoms with E-state index in [4.69, 9.17) is 11.6 Å². The summed E-state index contributed by atoms with van der Waals surface area (Å²) in [6, 6.07) is 23.0. The average Bonchev–Trinajstić information content (AvgIpc) is 3.81. The number of halogens is 1. The van der Waals surface area contributed by atoms with Crippen LogP contribution in [0.15, 0.2) is 83.8 Å². The molecule has 7 nitrogen and oxygen atoms in total. The fraction of sp³-hybridized carbons (Fsp3) is 0.394. The number of hydrogen-bond acceptors (Lipinski definition) is 4. The lowest BCUT2D eigenvalue weighted by Crippen LogP contribution is -2.50. The number of carbonyl (C=O) groups excluding carboxylic acids is 2. The SMILES string of the molecule is CCCCCNC(=O)[C@@H](Cc1ccccc1)N(Cc1ccc(Cl)cc1)C(=O)CCc1ccc(S(=O)(=O)NC2CC2)cc1. The topological polar surface area (TPSA) is 95.6 Å².